The van der Waals surface area contributed by atoms with E-state index in [1.54, 1.807) is 0 Å². The van der Waals surface area contributed by atoms with Gasteiger partial charge in [-0.15, -0.1) is 0 Å². The summed E-state index contributed by atoms with van der Waals surface area (Å²) in [6.45, 7) is 8.68. The monoisotopic (exact) mass is 372 g/mol. The number of aryl methyl sites for hydroxylation is 3. The van der Waals surface area contributed by atoms with Crippen LogP contribution < -0.4 is 31.2 Å². The fraction of sp³-hybridized carbons (Fsp3) is 0.400. The third kappa shape index (κ3) is 11.9. The second-order valence-corrected chi connectivity index (χ2v) is 4.47. The number of aromatic nitrogens is 4. The van der Waals surface area contributed by atoms with Crippen LogP contribution in [0.3, 0.4) is 0 Å². The van der Waals surface area contributed by atoms with E-state index in [1.807, 2.05) is 54.2 Å². The van der Waals surface area contributed by atoms with E-state index in [2.05, 4.69) is 35.2 Å². The average molecular weight is 373 g/mol. The maximum atomic E-state index is 8.89. The zero-order chi connectivity index (χ0) is 16.3. The Morgan fingerprint density at radius 1 is 1.18 bits per heavy atom. The highest BCUT2D eigenvalue weighted by molar-refractivity contribution is 5.60. The Morgan fingerprint density at radius 3 is 1.82 bits per heavy atom. The van der Waals surface area contributed by atoms with Crippen molar-refractivity contribution in [3.63, 3.8) is 0 Å². The second kappa shape index (κ2) is 12.8. The van der Waals surface area contributed by atoms with Crippen molar-refractivity contribution < 1.29 is 36.0 Å². The lowest BCUT2D eigenvalue weighted by Crippen LogP contribution is -3.00. The Labute approximate surface area is 142 Å². The molecule has 0 spiro atoms. The number of carbonyl (C=O) groups is 1. The average Bonchev–Trinajstić information content (AvgIpc) is 2.99. The van der Waals surface area contributed by atoms with Crippen molar-refractivity contribution in [3.05, 3.63) is 50.1 Å². The summed E-state index contributed by atoms with van der Waals surface area (Å²) < 4.78 is 8.22. The lowest BCUT2D eigenvalue weighted by Gasteiger charge is -1.83. The molecule has 0 N–H and O–H groups in total. The van der Waals surface area contributed by atoms with Crippen LogP contribution in [-0.4, -0.2) is 15.1 Å². The van der Waals surface area contributed by atoms with Gasteiger partial charge in [0, 0.05) is 5.97 Å². The van der Waals surface area contributed by atoms with Gasteiger partial charge in [-0.1, -0.05) is 12.7 Å². The maximum Gasteiger partial charge on any atom is 0.243 e. The van der Waals surface area contributed by atoms with Gasteiger partial charge in [0.25, 0.3) is 0 Å². The Hall–Kier alpha value is -1.89. The van der Waals surface area contributed by atoms with Crippen molar-refractivity contribution in [1.82, 2.24) is 9.13 Å². The van der Waals surface area contributed by atoms with Gasteiger partial charge in [-0.3, -0.25) is 0 Å². The molecular formula is C15H25BrN4O2. The largest absolute Gasteiger partial charge is 1.00 e. The zero-order valence-electron chi connectivity index (χ0n) is 13.6. The number of hydrogen-bond acceptors (Lipinski definition) is 2. The van der Waals surface area contributed by atoms with Crippen molar-refractivity contribution in [2.45, 2.75) is 26.9 Å². The summed E-state index contributed by atoms with van der Waals surface area (Å²) >= 11 is 0. The van der Waals surface area contributed by atoms with Crippen LogP contribution in [0.2, 0.25) is 0 Å². The number of carboxylic acid groups (broad SMARTS) is 1. The quantitative estimate of drug-likeness (QED) is 0.416. The Bertz CT molecular complexity index is 545. The van der Waals surface area contributed by atoms with E-state index >= 15 is 0 Å². The van der Waals surface area contributed by atoms with E-state index in [4.69, 9.17) is 9.90 Å². The molecule has 0 atom stereocenters. The van der Waals surface area contributed by atoms with E-state index in [0.29, 0.717) is 0 Å². The Morgan fingerprint density at radius 2 is 1.59 bits per heavy atom. The molecule has 2 heterocycles. The molecule has 0 fully saturated rings. The molecule has 0 aliphatic carbocycles. The van der Waals surface area contributed by atoms with Crippen LogP contribution in [0.4, 0.5) is 0 Å². The van der Waals surface area contributed by atoms with Crippen LogP contribution in [-0.2, 0) is 32.0 Å². The molecule has 0 unspecified atom stereocenters. The summed E-state index contributed by atoms with van der Waals surface area (Å²) in [5.74, 6) is -1.08. The minimum atomic E-state index is -1.08. The highest BCUT2D eigenvalue weighted by atomic mass is 79.9. The second-order valence-electron chi connectivity index (χ2n) is 4.47. The Balaban J connectivity index is 0. The lowest BCUT2D eigenvalue weighted by atomic mass is 10.6. The van der Waals surface area contributed by atoms with Gasteiger partial charge < -0.3 is 26.9 Å². The van der Waals surface area contributed by atoms with Crippen molar-refractivity contribution in [3.8, 4) is 0 Å². The molecule has 0 aliphatic rings. The molecule has 22 heavy (non-hydrogen) atoms. The molecule has 2 rings (SSSR count). The Kier molecular flexibility index (Phi) is 13.0. The third-order valence-corrected chi connectivity index (χ3v) is 2.35. The molecule has 0 aromatic carbocycles. The number of imidazole rings is 2. The molecule has 0 bridgehead atoms. The van der Waals surface area contributed by atoms with Crippen molar-refractivity contribution in [2.75, 3.05) is 0 Å². The van der Waals surface area contributed by atoms with Crippen LogP contribution in [0.25, 0.3) is 0 Å². The van der Waals surface area contributed by atoms with Crippen molar-refractivity contribution in [2.24, 2.45) is 14.1 Å². The van der Waals surface area contributed by atoms with Gasteiger partial charge in [-0.05, 0) is 13.8 Å². The van der Waals surface area contributed by atoms with Gasteiger partial charge >= 0.3 is 0 Å². The first-order valence-corrected chi connectivity index (χ1v) is 6.69. The summed E-state index contributed by atoms with van der Waals surface area (Å²) in [5, 5.41) is 8.89. The van der Waals surface area contributed by atoms with Crippen LogP contribution >= 0.6 is 0 Å². The van der Waals surface area contributed by atoms with E-state index in [1.165, 1.54) is 0 Å². The third-order valence-electron chi connectivity index (χ3n) is 2.35. The number of carboxylic acids is 1. The number of carbonyl (C=O) groups excluding carboxylic acids is 1. The van der Waals surface area contributed by atoms with E-state index in [-0.39, 0.29) is 17.0 Å². The van der Waals surface area contributed by atoms with Gasteiger partial charge in [0.1, 0.15) is 31.3 Å². The minimum Gasteiger partial charge on any atom is -1.00 e. The van der Waals surface area contributed by atoms with Crippen molar-refractivity contribution in [1.29, 1.82) is 0 Å². The van der Waals surface area contributed by atoms with E-state index in [9.17, 15) is 0 Å². The number of halogens is 1. The van der Waals surface area contributed by atoms with Crippen LogP contribution in [0.5, 0.6) is 0 Å². The summed E-state index contributed by atoms with van der Waals surface area (Å²) in [7, 11) is 4.02. The summed E-state index contributed by atoms with van der Waals surface area (Å²) in [4.78, 5) is 8.89. The molecule has 0 saturated carbocycles. The van der Waals surface area contributed by atoms with Crippen molar-refractivity contribution >= 4 is 5.97 Å². The van der Waals surface area contributed by atoms with Gasteiger partial charge in [0.2, 0.25) is 12.7 Å². The van der Waals surface area contributed by atoms with E-state index in [0.717, 1.165) is 20.0 Å². The molecule has 7 heteroatoms. The molecule has 0 amide bonds. The number of rotatable bonds is 3. The van der Waals surface area contributed by atoms with Crippen LogP contribution in [0.15, 0.2) is 50.1 Å². The first kappa shape index (κ1) is 22.4. The standard InChI is InChI=1S/C7H11N2.C6H11N2.C2H4O2.BrH/c1-3-4-9-6-5-8(2)7-9;1-3-8-5-4-7(2)6-8;1-2(3)4;/h3,5-7H,1,4H2,2H3;4-6H,3H2,1-2H3;1H3,(H,3,4);1H/q2*+1;;/p-2. The molecule has 2 aromatic rings. The number of hydrogen-bond donors (Lipinski definition) is 0. The smallest absolute Gasteiger partial charge is 0.243 e. The molecular weight excluding hydrogens is 348 g/mol. The fourth-order valence-electron chi connectivity index (χ4n) is 1.45. The van der Waals surface area contributed by atoms with Gasteiger partial charge in [0.05, 0.1) is 20.6 Å². The maximum absolute atomic E-state index is 8.89. The van der Waals surface area contributed by atoms with Gasteiger partial charge in [0.15, 0.2) is 0 Å². The summed E-state index contributed by atoms with van der Waals surface area (Å²) in [6, 6.07) is 0. The molecule has 0 radical (unpaired) electrons. The molecule has 0 aliphatic heterocycles. The number of aliphatic carboxylic acids is 1. The van der Waals surface area contributed by atoms with Crippen LogP contribution in [0, 0.1) is 0 Å². The fourth-order valence-corrected chi connectivity index (χ4v) is 1.45. The summed E-state index contributed by atoms with van der Waals surface area (Å²) in [6.07, 6.45) is 14.1. The highest BCUT2D eigenvalue weighted by Crippen LogP contribution is 1.82. The zero-order valence-corrected chi connectivity index (χ0v) is 15.2. The predicted octanol–water partition coefficient (Wildman–Crippen LogP) is -3.41. The molecule has 6 nitrogen and oxygen atoms in total. The number of allylic oxidation sites excluding steroid dienone is 1. The topological polar surface area (TPSA) is 57.8 Å². The normalized spacial score (nSPS) is 8.55. The highest BCUT2D eigenvalue weighted by Gasteiger charge is 1.93. The van der Waals surface area contributed by atoms with Gasteiger partial charge in [-0.25, -0.2) is 18.3 Å². The van der Waals surface area contributed by atoms with Gasteiger partial charge in [-0.2, -0.15) is 0 Å². The van der Waals surface area contributed by atoms with Crippen LogP contribution in [0.1, 0.15) is 13.8 Å². The molecule has 124 valence electrons. The lowest BCUT2D eigenvalue weighted by molar-refractivity contribution is -0.671. The molecule has 0 saturated heterocycles. The molecule has 2 aromatic heterocycles. The SMILES string of the molecule is C=CCn1cc[n+](C)c1.CC(=O)[O-].CCn1cc[n+](C)c1.[Br-]. The number of nitrogens with zero attached hydrogens (tertiary/aromatic N) is 4. The first-order chi connectivity index (χ1) is 9.88. The first-order valence-electron chi connectivity index (χ1n) is 6.69. The van der Waals surface area contributed by atoms with E-state index < -0.39 is 5.97 Å². The summed E-state index contributed by atoms with van der Waals surface area (Å²) in [5.41, 5.74) is 0. The minimum absolute atomic E-state index is 0. The predicted molar refractivity (Wildman–Crippen MR) is 77.8 cm³/mol.